The van der Waals surface area contributed by atoms with Crippen molar-refractivity contribution < 1.29 is 0 Å². The molecule has 1 aliphatic heterocycles. The molecule has 42 valence electrons. The van der Waals surface area contributed by atoms with Gasteiger partial charge in [0.2, 0.25) is 0 Å². The van der Waals surface area contributed by atoms with E-state index in [0.717, 1.165) is 0 Å². The normalized spacial score (nSPS) is 27.4. The van der Waals surface area contributed by atoms with Crippen molar-refractivity contribution >= 4 is 20.8 Å². The van der Waals surface area contributed by atoms with Gasteiger partial charge in [-0.15, -0.1) is 0 Å². The maximum atomic E-state index is 2.48. The van der Waals surface area contributed by atoms with Gasteiger partial charge in [0.05, 0.1) is 20.8 Å². The maximum Gasteiger partial charge on any atom is 0.0800 e. The highest BCUT2D eigenvalue weighted by molar-refractivity contribution is 6.07. The summed E-state index contributed by atoms with van der Waals surface area (Å²) in [7, 11) is 2.51. The molecule has 0 aromatic carbocycles. The fourth-order valence-electron chi connectivity index (χ4n) is 0.895. The SMILES string of the molecule is [SiH3]N1CCN([SiH3])C1. The quantitative estimate of drug-likeness (QED) is 0.327. The molecule has 0 radical (unpaired) electrons. The van der Waals surface area contributed by atoms with Gasteiger partial charge in [0.1, 0.15) is 0 Å². The van der Waals surface area contributed by atoms with Crippen molar-refractivity contribution in [2.24, 2.45) is 0 Å². The third-order valence-electron chi connectivity index (χ3n) is 1.35. The lowest BCUT2D eigenvalue weighted by atomic mass is 10.7. The summed E-state index contributed by atoms with van der Waals surface area (Å²) in [4.78, 5) is 0. The summed E-state index contributed by atoms with van der Waals surface area (Å²) in [5.41, 5.74) is 0. The second-order valence-corrected chi connectivity index (χ2v) is 4.83. The van der Waals surface area contributed by atoms with Gasteiger partial charge in [-0.1, -0.05) is 0 Å². The van der Waals surface area contributed by atoms with Crippen molar-refractivity contribution in [1.29, 1.82) is 0 Å². The third-order valence-corrected chi connectivity index (χ3v) is 2.81. The number of hydrogen-bond acceptors (Lipinski definition) is 2. The first-order valence-corrected chi connectivity index (χ1v) is 4.45. The molecule has 0 aromatic rings. The molecule has 0 spiro atoms. The standard InChI is InChI=1S/C3H12N2Si2/c6-4-1-2-5(7)3-4/h1-3H2,6-7H3. The average Bonchev–Trinajstić information content (AvgIpc) is 1.87. The molecule has 0 aromatic heterocycles. The van der Waals surface area contributed by atoms with Crippen LogP contribution in [0.25, 0.3) is 0 Å². The van der Waals surface area contributed by atoms with E-state index < -0.39 is 0 Å². The Balaban J connectivity index is 2.26. The van der Waals surface area contributed by atoms with Crippen LogP contribution < -0.4 is 0 Å². The minimum Gasteiger partial charge on any atom is -0.320 e. The zero-order valence-electron chi connectivity index (χ0n) is 5.02. The molecule has 1 fully saturated rings. The number of rotatable bonds is 0. The summed E-state index contributed by atoms with van der Waals surface area (Å²) in [6.45, 7) is 3.92. The fourth-order valence-corrected chi connectivity index (χ4v) is 2.83. The first kappa shape index (κ1) is 5.49. The lowest BCUT2D eigenvalue weighted by molar-refractivity contribution is 0.470. The van der Waals surface area contributed by atoms with E-state index in [1.165, 1.54) is 40.6 Å². The monoisotopic (exact) mass is 132 g/mol. The summed E-state index contributed by atoms with van der Waals surface area (Å²) in [5.74, 6) is 0. The molecule has 0 N–H and O–H groups in total. The second kappa shape index (κ2) is 2.08. The number of hydrogen-bond donors (Lipinski definition) is 0. The summed E-state index contributed by atoms with van der Waals surface area (Å²) in [5, 5.41) is 0. The van der Waals surface area contributed by atoms with Crippen LogP contribution in [0, 0.1) is 0 Å². The summed E-state index contributed by atoms with van der Waals surface area (Å²) in [6.07, 6.45) is 0. The van der Waals surface area contributed by atoms with E-state index in [4.69, 9.17) is 0 Å². The van der Waals surface area contributed by atoms with Crippen LogP contribution in [-0.2, 0) is 0 Å². The van der Waals surface area contributed by atoms with E-state index >= 15 is 0 Å². The Bertz CT molecular complexity index is 60.0. The predicted molar refractivity (Wildman–Crippen MR) is 38.2 cm³/mol. The lowest BCUT2D eigenvalue weighted by Gasteiger charge is -2.06. The Labute approximate surface area is 50.5 Å². The fraction of sp³-hybridized carbons (Fsp3) is 1.00. The molecular formula is C3H12N2Si2. The Morgan fingerprint density at radius 3 is 1.57 bits per heavy atom. The molecule has 1 aliphatic rings. The van der Waals surface area contributed by atoms with E-state index in [1.54, 1.807) is 0 Å². The summed E-state index contributed by atoms with van der Waals surface area (Å²) < 4.78 is 4.96. The van der Waals surface area contributed by atoms with Gasteiger partial charge in [-0.3, -0.25) is 0 Å². The van der Waals surface area contributed by atoms with Crippen LogP contribution in [0.1, 0.15) is 0 Å². The molecule has 7 heavy (non-hydrogen) atoms. The molecule has 1 heterocycles. The van der Waals surface area contributed by atoms with E-state index in [2.05, 4.69) is 9.13 Å². The van der Waals surface area contributed by atoms with Gasteiger partial charge in [-0.05, 0) is 0 Å². The van der Waals surface area contributed by atoms with Crippen molar-refractivity contribution in [2.45, 2.75) is 0 Å². The minimum atomic E-state index is 1.26. The van der Waals surface area contributed by atoms with Crippen LogP contribution in [0.3, 0.4) is 0 Å². The highest BCUT2D eigenvalue weighted by Crippen LogP contribution is 1.93. The van der Waals surface area contributed by atoms with Crippen LogP contribution in [-0.4, -0.2) is 49.7 Å². The van der Waals surface area contributed by atoms with Gasteiger partial charge < -0.3 is 9.13 Å². The van der Waals surface area contributed by atoms with E-state index in [1.807, 2.05) is 0 Å². The van der Waals surface area contributed by atoms with Gasteiger partial charge in [-0.2, -0.15) is 0 Å². The first-order valence-electron chi connectivity index (χ1n) is 2.66. The van der Waals surface area contributed by atoms with Crippen LogP contribution in [0.15, 0.2) is 0 Å². The average molecular weight is 132 g/mol. The Kier molecular flexibility index (Phi) is 1.63. The Morgan fingerprint density at radius 2 is 1.43 bits per heavy atom. The Hall–Kier alpha value is 0.354. The van der Waals surface area contributed by atoms with Gasteiger partial charge in [0.15, 0.2) is 0 Å². The van der Waals surface area contributed by atoms with E-state index in [0.29, 0.717) is 0 Å². The van der Waals surface area contributed by atoms with Crippen LogP contribution in [0.4, 0.5) is 0 Å². The maximum absolute atomic E-state index is 2.48. The lowest BCUT2D eigenvalue weighted by Crippen LogP contribution is -2.20. The van der Waals surface area contributed by atoms with Gasteiger partial charge >= 0.3 is 0 Å². The van der Waals surface area contributed by atoms with E-state index in [-0.39, 0.29) is 0 Å². The molecular weight excluding hydrogens is 120 g/mol. The smallest absolute Gasteiger partial charge is 0.0800 e. The predicted octanol–water partition coefficient (Wildman–Crippen LogP) is -2.88. The highest BCUT2D eigenvalue weighted by atomic mass is 28.2. The molecule has 0 bridgehead atoms. The van der Waals surface area contributed by atoms with Crippen molar-refractivity contribution in [2.75, 3.05) is 19.8 Å². The van der Waals surface area contributed by atoms with Crippen molar-refractivity contribution in [3.63, 3.8) is 0 Å². The largest absolute Gasteiger partial charge is 0.320 e. The molecule has 2 nitrogen and oxygen atoms in total. The van der Waals surface area contributed by atoms with Gasteiger partial charge in [-0.25, -0.2) is 0 Å². The molecule has 0 atom stereocenters. The molecule has 1 rings (SSSR count). The highest BCUT2D eigenvalue weighted by Gasteiger charge is 2.09. The van der Waals surface area contributed by atoms with Crippen molar-refractivity contribution in [3.05, 3.63) is 0 Å². The van der Waals surface area contributed by atoms with Gasteiger partial charge in [0.25, 0.3) is 0 Å². The third kappa shape index (κ3) is 1.38. The second-order valence-electron chi connectivity index (χ2n) is 2.30. The zero-order chi connectivity index (χ0) is 5.28. The first-order chi connectivity index (χ1) is 3.29. The molecule has 0 saturated carbocycles. The van der Waals surface area contributed by atoms with Crippen LogP contribution in [0.5, 0.6) is 0 Å². The Morgan fingerprint density at radius 1 is 1.00 bits per heavy atom. The molecule has 0 aliphatic carbocycles. The summed E-state index contributed by atoms with van der Waals surface area (Å²) >= 11 is 0. The van der Waals surface area contributed by atoms with E-state index in [9.17, 15) is 0 Å². The summed E-state index contributed by atoms with van der Waals surface area (Å²) in [6, 6.07) is 0. The van der Waals surface area contributed by atoms with Crippen molar-refractivity contribution in [1.82, 2.24) is 9.13 Å². The van der Waals surface area contributed by atoms with Gasteiger partial charge in [0, 0.05) is 19.8 Å². The molecule has 1 saturated heterocycles. The van der Waals surface area contributed by atoms with Crippen molar-refractivity contribution in [3.8, 4) is 0 Å². The minimum absolute atomic E-state index is 1.26. The number of nitrogens with zero attached hydrogens (tertiary/aromatic N) is 2. The van der Waals surface area contributed by atoms with Crippen LogP contribution in [0.2, 0.25) is 0 Å². The molecule has 4 heteroatoms. The molecule has 0 amide bonds. The molecule has 0 unspecified atom stereocenters. The van der Waals surface area contributed by atoms with Crippen LogP contribution >= 0.6 is 0 Å². The zero-order valence-corrected chi connectivity index (χ0v) is 9.02. The topological polar surface area (TPSA) is 6.48 Å².